The Morgan fingerprint density at radius 1 is 1.28 bits per heavy atom. The molecule has 4 heteroatoms. The van der Waals surface area contributed by atoms with Crippen LogP contribution in [-0.2, 0) is 0 Å². The Hall–Kier alpha value is -2.41. The molecule has 0 saturated carbocycles. The van der Waals surface area contributed by atoms with E-state index in [0.29, 0.717) is 17.6 Å². The van der Waals surface area contributed by atoms with Gasteiger partial charge in [0.25, 0.3) is 0 Å². The Labute approximate surface area is 106 Å². The third kappa shape index (κ3) is 3.05. The maximum absolute atomic E-state index is 8.75. The van der Waals surface area contributed by atoms with Crippen molar-refractivity contribution in [2.75, 3.05) is 11.9 Å². The zero-order chi connectivity index (χ0) is 12.8. The van der Waals surface area contributed by atoms with Crippen molar-refractivity contribution in [2.45, 2.75) is 12.8 Å². The molecular formula is C14H14N4. The van der Waals surface area contributed by atoms with E-state index in [2.05, 4.69) is 34.3 Å². The van der Waals surface area contributed by atoms with Gasteiger partial charge >= 0.3 is 0 Å². The van der Waals surface area contributed by atoms with E-state index in [1.54, 1.807) is 12.3 Å². The third-order valence-corrected chi connectivity index (χ3v) is 2.71. The maximum Gasteiger partial charge on any atom is 0.223 e. The molecule has 2 aromatic rings. The summed E-state index contributed by atoms with van der Waals surface area (Å²) in [6.07, 6.45) is 1.58. The highest BCUT2D eigenvalue weighted by molar-refractivity contribution is 5.31. The summed E-state index contributed by atoms with van der Waals surface area (Å²) in [5, 5.41) is 11.9. The molecule has 0 amide bonds. The first kappa shape index (κ1) is 12.1. The van der Waals surface area contributed by atoms with Gasteiger partial charge in [-0.05, 0) is 17.5 Å². The van der Waals surface area contributed by atoms with Gasteiger partial charge in [-0.2, -0.15) is 5.26 Å². The molecule has 1 unspecified atom stereocenters. The van der Waals surface area contributed by atoms with Crippen LogP contribution in [0.1, 0.15) is 24.1 Å². The van der Waals surface area contributed by atoms with E-state index in [4.69, 9.17) is 5.26 Å². The summed E-state index contributed by atoms with van der Waals surface area (Å²) in [6, 6.07) is 13.8. The van der Waals surface area contributed by atoms with Crippen LogP contribution in [0, 0.1) is 11.3 Å². The third-order valence-electron chi connectivity index (χ3n) is 2.71. The van der Waals surface area contributed by atoms with Crippen LogP contribution in [0.4, 0.5) is 5.95 Å². The Bertz CT molecular complexity index is 545. The Balaban J connectivity index is 1.97. The van der Waals surface area contributed by atoms with Crippen molar-refractivity contribution in [3.8, 4) is 6.07 Å². The summed E-state index contributed by atoms with van der Waals surface area (Å²) >= 11 is 0. The number of benzene rings is 1. The summed E-state index contributed by atoms with van der Waals surface area (Å²) in [7, 11) is 0. The zero-order valence-corrected chi connectivity index (χ0v) is 10.2. The number of nitrogens with zero attached hydrogens (tertiary/aromatic N) is 3. The van der Waals surface area contributed by atoms with Gasteiger partial charge < -0.3 is 5.32 Å². The monoisotopic (exact) mass is 238 g/mol. The molecule has 1 aromatic heterocycles. The first-order chi connectivity index (χ1) is 8.79. The van der Waals surface area contributed by atoms with Gasteiger partial charge in [-0.1, -0.05) is 37.3 Å². The highest BCUT2D eigenvalue weighted by atomic mass is 15.1. The summed E-state index contributed by atoms with van der Waals surface area (Å²) in [4.78, 5) is 8.15. The van der Waals surface area contributed by atoms with E-state index in [0.717, 1.165) is 6.54 Å². The lowest BCUT2D eigenvalue weighted by molar-refractivity contribution is 0.796. The highest BCUT2D eigenvalue weighted by Crippen LogP contribution is 2.14. The van der Waals surface area contributed by atoms with Gasteiger partial charge in [-0.15, -0.1) is 0 Å². The molecule has 90 valence electrons. The van der Waals surface area contributed by atoms with Crippen molar-refractivity contribution >= 4 is 5.95 Å². The van der Waals surface area contributed by atoms with Gasteiger partial charge in [0.1, 0.15) is 11.8 Å². The van der Waals surface area contributed by atoms with Crippen molar-refractivity contribution < 1.29 is 0 Å². The topological polar surface area (TPSA) is 61.6 Å². The van der Waals surface area contributed by atoms with E-state index in [1.807, 2.05) is 24.3 Å². The van der Waals surface area contributed by atoms with Crippen LogP contribution in [0.15, 0.2) is 42.6 Å². The molecule has 1 atom stereocenters. The number of hydrogen-bond donors (Lipinski definition) is 1. The first-order valence-corrected chi connectivity index (χ1v) is 5.81. The average Bonchev–Trinajstić information content (AvgIpc) is 2.46. The minimum atomic E-state index is 0.362. The molecule has 1 heterocycles. The van der Waals surface area contributed by atoms with Crippen LogP contribution in [0.25, 0.3) is 0 Å². The molecule has 1 N–H and O–H groups in total. The fourth-order valence-corrected chi connectivity index (χ4v) is 1.65. The lowest BCUT2D eigenvalue weighted by atomic mass is 10.0. The molecular weight excluding hydrogens is 224 g/mol. The zero-order valence-electron chi connectivity index (χ0n) is 10.2. The van der Waals surface area contributed by atoms with Gasteiger partial charge in [0.15, 0.2) is 0 Å². The molecule has 0 fully saturated rings. The number of nitriles is 1. The second-order valence-electron chi connectivity index (χ2n) is 4.07. The largest absolute Gasteiger partial charge is 0.354 e. The van der Waals surface area contributed by atoms with E-state index >= 15 is 0 Å². The molecule has 0 aliphatic heterocycles. The van der Waals surface area contributed by atoms with Crippen LogP contribution in [0.5, 0.6) is 0 Å². The predicted molar refractivity (Wildman–Crippen MR) is 70.1 cm³/mol. The van der Waals surface area contributed by atoms with Gasteiger partial charge in [0, 0.05) is 12.7 Å². The molecule has 18 heavy (non-hydrogen) atoms. The minimum absolute atomic E-state index is 0.362. The molecule has 0 saturated heterocycles. The highest BCUT2D eigenvalue weighted by Gasteiger charge is 2.05. The van der Waals surface area contributed by atoms with Crippen molar-refractivity contribution in [1.29, 1.82) is 5.26 Å². The van der Waals surface area contributed by atoms with Gasteiger partial charge in [0.05, 0.1) is 0 Å². The molecule has 0 radical (unpaired) electrons. The van der Waals surface area contributed by atoms with Crippen molar-refractivity contribution in [1.82, 2.24) is 9.97 Å². The maximum atomic E-state index is 8.75. The second kappa shape index (κ2) is 5.78. The van der Waals surface area contributed by atoms with Crippen LogP contribution < -0.4 is 5.32 Å². The van der Waals surface area contributed by atoms with Crippen LogP contribution in [-0.4, -0.2) is 16.5 Å². The molecule has 0 spiro atoms. The van der Waals surface area contributed by atoms with Crippen LogP contribution >= 0.6 is 0 Å². The van der Waals surface area contributed by atoms with Crippen LogP contribution in [0.2, 0.25) is 0 Å². The van der Waals surface area contributed by atoms with E-state index in [1.165, 1.54) is 5.56 Å². The van der Waals surface area contributed by atoms with Gasteiger partial charge in [-0.25, -0.2) is 9.97 Å². The molecule has 2 rings (SSSR count). The fraction of sp³-hybridized carbons (Fsp3) is 0.214. The molecule has 1 aromatic carbocycles. The number of nitrogens with one attached hydrogen (secondary N) is 1. The Morgan fingerprint density at radius 2 is 2.06 bits per heavy atom. The standard InChI is InChI=1S/C14H14N4/c1-11(12-5-3-2-4-6-12)10-17-14-16-8-7-13(9-15)18-14/h2-8,11H,10H2,1H3,(H,16,17,18). The van der Waals surface area contributed by atoms with Crippen molar-refractivity contribution in [2.24, 2.45) is 0 Å². The van der Waals surface area contributed by atoms with Crippen molar-refractivity contribution in [3.63, 3.8) is 0 Å². The first-order valence-electron chi connectivity index (χ1n) is 5.81. The SMILES string of the molecule is CC(CNc1nccc(C#N)n1)c1ccccc1. The molecule has 4 nitrogen and oxygen atoms in total. The number of aromatic nitrogens is 2. The predicted octanol–water partition coefficient (Wildman–Crippen LogP) is 2.56. The number of rotatable bonds is 4. The lowest BCUT2D eigenvalue weighted by Crippen LogP contribution is -2.12. The summed E-state index contributed by atoms with van der Waals surface area (Å²) in [5.74, 6) is 0.859. The second-order valence-corrected chi connectivity index (χ2v) is 4.07. The molecule has 0 aliphatic rings. The molecule has 0 aliphatic carbocycles. The number of anilines is 1. The summed E-state index contributed by atoms with van der Waals surface area (Å²) < 4.78 is 0. The minimum Gasteiger partial charge on any atom is -0.354 e. The fourth-order valence-electron chi connectivity index (χ4n) is 1.65. The van der Waals surface area contributed by atoms with E-state index < -0.39 is 0 Å². The van der Waals surface area contributed by atoms with Gasteiger partial charge in [0.2, 0.25) is 5.95 Å². The van der Waals surface area contributed by atoms with Crippen LogP contribution in [0.3, 0.4) is 0 Å². The van der Waals surface area contributed by atoms with Crippen molar-refractivity contribution in [3.05, 3.63) is 53.9 Å². The van der Waals surface area contributed by atoms with E-state index in [-0.39, 0.29) is 0 Å². The molecule has 0 bridgehead atoms. The quantitative estimate of drug-likeness (QED) is 0.889. The van der Waals surface area contributed by atoms with Gasteiger partial charge in [-0.3, -0.25) is 0 Å². The summed E-state index contributed by atoms with van der Waals surface area (Å²) in [5.41, 5.74) is 1.64. The Morgan fingerprint density at radius 3 is 2.78 bits per heavy atom. The number of hydrogen-bond acceptors (Lipinski definition) is 4. The lowest BCUT2D eigenvalue weighted by Gasteiger charge is -2.12. The Kier molecular flexibility index (Phi) is 3.87. The smallest absolute Gasteiger partial charge is 0.223 e. The van der Waals surface area contributed by atoms with E-state index in [9.17, 15) is 0 Å². The average molecular weight is 238 g/mol. The summed E-state index contributed by atoms with van der Waals surface area (Å²) in [6.45, 7) is 2.87. The normalized spacial score (nSPS) is 11.6.